The molecule has 2 heterocycles. The molecule has 102 valence electrons. The highest BCUT2D eigenvalue weighted by Gasteiger charge is 2.11. The number of fused-ring (bicyclic) bond motifs is 1. The number of rotatable bonds is 6. The molecule has 1 atom stereocenters. The Labute approximate surface area is 112 Å². The standard InChI is InChI=1S/C14H19N3O2/c1-11(10-18)5-4-7-15-14(19)12-9-16-17-8-3-2-6-13(12)17/h2-3,6,8-9,11,18H,4-5,7,10H2,1H3,(H,15,19). The summed E-state index contributed by atoms with van der Waals surface area (Å²) < 4.78 is 1.68. The summed E-state index contributed by atoms with van der Waals surface area (Å²) in [6.45, 7) is 2.81. The van der Waals surface area contributed by atoms with Crippen molar-refractivity contribution in [2.75, 3.05) is 13.2 Å². The highest BCUT2D eigenvalue weighted by atomic mass is 16.3. The van der Waals surface area contributed by atoms with Gasteiger partial charge in [0, 0.05) is 19.3 Å². The lowest BCUT2D eigenvalue weighted by atomic mass is 10.1. The third-order valence-electron chi connectivity index (χ3n) is 3.14. The third-order valence-corrected chi connectivity index (χ3v) is 3.14. The van der Waals surface area contributed by atoms with E-state index in [1.807, 2.05) is 31.3 Å². The van der Waals surface area contributed by atoms with Crippen molar-refractivity contribution in [3.8, 4) is 0 Å². The van der Waals surface area contributed by atoms with E-state index >= 15 is 0 Å². The summed E-state index contributed by atoms with van der Waals surface area (Å²) in [7, 11) is 0. The van der Waals surface area contributed by atoms with Gasteiger partial charge in [0.15, 0.2) is 0 Å². The molecule has 0 aliphatic carbocycles. The highest BCUT2D eigenvalue weighted by molar-refractivity contribution is 6.00. The molecule has 19 heavy (non-hydrogen) atoms. The van der Waals surface area contributed by atoms with Crippen molar-refractivity contribution in [1.82, 2.24) is 14.9 Å². The molecule has 5 nitrogen and oxygen atoms in total. The number of aromatic nitrogens is 2. The van der Waals surface area contributed by atoms with Gasteiger partial charge in [0.2, 0.25) is 0 Å². The summed E-state index contributed by atoms with van der Waals surface area (Å²) in [6.07, 6.45) is 5.17. The third kappa shape index (κ3) is 3.32. The van der Waals surface area contributed by atoms with Gasteiger partial charge < -0.3 is 10.4 Å². The molecule has 5 heteroatoms. The first-order valence-electron chi connectivity index (χ1n) is 6.54. The molecule has 0 aromatic carbocycles. The van der Waals surface area contributed by atoms with Crippen LogP contribution in [0.1, 0.15) is 30.1 Å². The van der Waals surface area contributed by atoms with Gasteiger partial charge in [-0.15, -0.1) is 0 Å². The Morgan fingerprint density at radius 2 is 2.37 bits per heavy atom. The molecule has 0 radical (unpaired) electrons. The normalized spacial score (nSPS) is 12.5. The van der Waals surface area contributed by atoms with Crippen LogP contribution in [0.3, 0.4) is 0 Å². The molecule has 0 spiro atoms. The molecular formula is C14H19N3O2. The zero-order valence-corrected chi connectivity index (χ0v) is 11.0. The lowest BCUT2D eigenvalue weighted by Crippen LogP contribution is -2.24. The van der Waals surface area contributed by atoms with Crippen LogP contribution in [0.15, 0.2) is 30.6 Å². The molecule has 2 N–H and O–H groups in total. The number of hydrogen-bond donors (Lipinski definition) is 2. The van der Waals surface area contributed by atoms with Crippen LogP contribution in [0.2, 0.25) is 0 Å². The molecule has 2 rings (SSSR count). The van der Waals surface area contributed by atoms with Crippen LogP contribution in [0.5, 0.6) is 0 Å². The van der Waals surface area contributed by atoms with Gasteiger partial charge in [-0.2, -0.15) is 5.10 Å². The van der Waals surface area contributed by atoms with E-state index in [9.17, 15) is 4.79 Å². The molecule has 0 fully saturated rings. The second-order valence-electron chi connectivity index (χ2n) is 4.77. The van der Waals surface area contributed by atoms with Gasteiger partial charge in [0.05, 0.1) is 17.3 Å². The minimum atomic E-state index is -0.0992. The van der Waals surface area contributed by atoms with E-state index < -0.39 is 0 Å². The maximum atomic E-state index is 12.0. The van der Waals surface area contributed by atoms with Crippen molar-refractivity contribution >= 4 is 11.4 Å². The van der Waals surface area contributed by atoms with E-state index in [0.717, 1.165) is 18.4 Å². The van der Waals surface area contributed by atoms with Crippen LogP contribution < -0.4 is 5.32 Å². The van der Waals surface area contributed by atoms with Crippen LogP contribution >= 0.6 is 0 Å². The molecule has 1 amide bonds. The van der Waals surface area contributed by atoms with E-state index in [1.165, 1.54) is 0 Å². The van der Waals surface area contributed by atoms with E-state index in [4.69, 9.17) is 5.11 Å². The predicted molar refractivity (Wildman–Crippen MR) is 73.0 cm³/mol. The zero-order chi connectivity index (χ0) is 13.7. The average Bonchev–Trinajstić information content (AvgIpc) is 2.87. The van der Waals surface area contributed by atoms with Crippen molar-refractivity contribution in [3.05, 3.63) is 36.2 Å². The Hall–Kier alpha value is -1.88. The lowest BCUT2D eigenvalue weighted by Gasteiger charge is -2.08. The SMILES string of the molecule is CC(CO)CCCNC(=O)c1cnn2ccccc12. The first-order valence-corrected chi connectivity index (χ1v) is 6.54. The summed E-state index contributed by atoms with van der Waals surface area (Å²) in [5, 5.41) is 15.9. The van der Waals surface area contributed by atoms with Crippen molar-refractivity contribution in [1.29, 1.82) is 0 Å². The molecule has 1 unspecified atom stereocenters. The second kappa shape index (κ2) is 6.33. The Balaban J connectivity index is 1.90. The van der Waals surface area contributed by atoms with E-state index in [2.05, 4.69) is 10.4 Å². The van der Waals surface area contributed by atoms with Gasteiger partial charge in [-0.25, -0.2) is 4.52 Å². The van der Waals surface area contributed by atoms with Crippen LogP contribution in [0.25, 0.3) is 5.52 Å². The van der Waals surface area contributed by atoms with E-state index in [0.29, 0.717) is 12.1 Å². The summed E-state index contributed by atoms with van der Waals surface area (Å²) in [5.74, 6) is 0.187. The number of nitrogens with one attached hydrogen (secondary N) is 1. The van der Waals surface area contributed by atoms with Crippen LogP contribution in [-0.4, -0.2) is 33.8 Å². The highest BCUT2D eigenvalue weighted by Crippen LogP contribution is 2.09. The first-order chi connectivity index (χ1) is 9.22. The van der Waals surface area contributed by atoms with Gasteiger partial charge in [-0.3, -0.25) is 4.79 Å². The lowest BCUT2D eigenvalue weighted by molar-refractivity contribution is 0.0953. The van der Waals surface area contributed by atoms with Crippen molar-refractivity contribution in [2.24, 2.45) is 5.92 Å². The minimum absolute atomic E-state index is 0.0992. The number of carbonyl (C=O) groups is 1. The number of aliphatic hydroxyl groups excluding tert-OH is 1. The second-order valence-corrected chi connectivity index (χ2v) is 4.77. The van der Waals surface area contributed by atoms with E-state index in [1.54, 1.807) is 10.7 Å². The van der Waals surface area contributed by atoms with Crippen LogP contribution in [-0.2, 0) is 0 Å². The minimum Gasteiger partial charge on any atom is -0.396 e. The fourth-order valence-corrected chi connectivity index (χ4v) is 1.95. The first kappa shape index (κ1) is 13.5. The van der Waals surface area contributed by atoms with Gasteiger partial charge in [-0.05, 0) is 30.9 Å². The van der Waals surface area contributed by atoms with Gasteiger partial charge in [0.25, 0.3) is 5.91 Å². The number of hydrogen-bond acceptors (Lipinski definition) is 3. The monoisotopic (exact) mass is 261 g/mol. The maximum Gasteiger partial charge on any atom is 0.255 e. The van der Waals surface area contributed by atoms with Crippen molar-refractivity contribution in [2.45, 2.75) is 19.8 Å². The Morgan fingerprint density at radius 3 is 3.16 bits per heavy atom. The predicted octanol–water partition coefficient (Wildman–Crippen LogP) is 1.47. The largest absolute Gasteiger partial charge is 0.396 e. The van der Waals surface area contributed by atoms with Crippen LogP contribution in [0, 0.1) is 5.92 Å². The van der Waals surface area contributed by atoms with Gasteiger partial charge >= 0.3 is 0 Å². The average molecular weight is 261 g/mol. The number of aliphatic hydroxyl groups is 1. The molecule has 0 aliphatic rings. The molecule has 0 bridgehead atoms. The molecule has 0 saturated heterocycles. The maximum absolute atomic E-state index is 12.0. The number of amides is 1. The van der Waals surface area contributed by atoms with Gasteiger partial charge in [0.1, 0.15) is 0 Å². The quantitative estimate of drug-likeness (QED) is 0.774. The smallest absolute Gasteiger partial charge is 0.255 e. The Bertz CT molecular complexity index is 550. The summed E-state index contributed by atoms with van der Waals surface area (Å²) in [6, 6.07) is 5.63. The fourth-order valence-electron chi connectivity index (χ4n) is 1.95. The number of pyridine rings is 1. The fraction of sp³-hybridized carbons (Fsp3) is 0.429. The summed E-state index contributed by atoms with van der Waals surface area (Å²) in [5.41, 5.74) is 1.40. The topological polar surface area (TPSA) is 66.6 Å². The Morgan fingerprint density at radius 1 is 1.53 bits per heavy atom. The molecular weight excluding hydrogens is 242 g/mol. The summed E-state index contributed by atoms with van der Waals surface area (Å²) in [4.78, 5) is 12.0. The molecule has 2 aromatic rings. The van der Waals surface area contributed by atoms with Crippen molar-refractivity contribution < 1.29 is 9.90 Å². The number of nitrogens with zero attached hydrogens (tertiary/aromatic N) is 2. The van der Waals surface area contributed by atoms with E-state index in [-0.39, 0.29) is 18.4 Å². The molecule has 0 saturated carbocycles. The van der Waals surface area contributed by atoms with Crippen molar-refractivity contribution in [3.63, 3.8) is 0 Å². The Kier molecular flexibility index (Phi) is 4.52. The number of carbonyl (C=O) groups excluding carboxylic acids is 1. The van der Waals surface area contributed by atoms with Gasteiger partial charge in [-0.1, -0.05) is 13.0 Å². The molecule has 2 aromatic heterocycles. The molecule has 0 aliphatic heterocycles. The van der Waals surface area contributed by atoms with Crippen LogP contribution in [0.4, 0.5) is 0 Å². The zero-order valence-electron chi connectivity index (χ0n) is 11.0. The summed E-state index contributed by atoms with van der Waals surface area (Å²) >= 11 is 0.